The van der Waals surface area contributed by atoms with Gasteiger partial charge in [0.25, 0.3) is 0 Å². The fourth-order valence-corrected chi connectivity index (χ4v) is 3.55. The van der Waals surface area contributed by atoms with Gasteiger partial charge in [-0.25, -0.2) is 5.26 Å². The summed E-state index contributed by atoms with van der Waals surface area (Å²) < 4.78 is 1.32. The van der Waals surface area contributed by atoms with Crippen molar-refractivity contribution in [3.63, 3.8) is 0 Å². The molecular weight excluding hydrogens is 243 g/mol. The highest BCUT2D eigenvalue weighted by atomic mass is 15.4. The minimum atomic E-state index is 0.797. The number of rotatable bonds is 8. The third kappa shape index (κ3) is 12.5. The number of nitrogens with zero attached hydrogens (tertiary/aromatic N) is 2. The van der Waals surface area contributed by atoms with Gasteiger partial charge in [-0.15, -0.1) is 0 Å². The molecule has 116 valence electrons. The molecule has 0 amide bonds. The van der Waals surface area contributed by atoms with Gasteiger partial charge in [-0.05, 0) is 5.97 Å². The summed E-state index contributed by atoms with van der Waals surface area (Å²) in [6.07, 6.45) is 0. The maximum absolute atomic E-state index is 7.10. The first-order valence-corrected chi connectivity index (χ1v) is 8.03. The summed E-state index contributed by atoms with van der Waals surface area (Å²) in [7, 11) is 4.15. The van der Waals surface area contributed by atoms with Crippen molar-refractivity contribution in [2.45, 2.75) is 55.4 Å². The molecule has 0 aromatic heterocycles. The van der Waals surface area contributed by atoms with E-state index in [0.717, 1.165) is 23.7 Å². The van der Waals surface area contributed by atoms with Gasteiger partial charge in [0, 0.05) is 23.7 Å². The van der Waals surface area contributed by atoms with Crippen molar-refractivity contribution in [2.75, 3.05) is 26.2 Å². The van der Waals surface area contributed by atoms with E-state index in [1.54, 1.807) is 0 Å². The lowest BCUT2D eigenvalue weighted by molar-refractivity contribution is -0.938. The Hall–Kier alpha value is -0.485. The van der Waals surface area contributed by atoms with E-state index < -0.39 is 0 Å². The predicted molar refractivity (Wildman–Crippen MR) is 90.4 cm³/mol. The Bertz CT molecular complexity index is 219. The predicted octanol–water partition coefficient (Wildman–Crippen LogP) is 4.06. The van der Waals surface area contributed by atoms with E-state index in [1.807, 2.05) is 0 Å². The van der Waals surface area contributed by atoms with Crippen LogP contribution in [0.3, 0.4) is 0 Å². The van der Waals surface area contributed by atoms with Crippen molar-refractivity contribution >= 4 is 7.85 Å². The van der Waals surface area contributed by atoms with E-state index in [4.69, 9.17) is 5.26 Å². The topological polar surface area (TPSA) is 23.8 Å². The molecule has 0 N–H and O–H groups in total. The normalized spacial score (nSPS) is 11.8. The molecule has 0 saturated heterocycles. The number of nitriles is 1. The smallest absolute Gasteiger partial charge is 0.229 e. The molecule has 0 bridgehead atoms. The molecular formula is C17H36BN2+. The van der Waals surface area contributed by atoms with Crippen LogP contribution in [0.4, 0.5) is 0 Å². The minimum absolute atomic E-state index is 0.797. The fourth-order valence-electron chi connectivity index (χ4n) is 3.55. The summed E-state index contributed by atoms with van der Waals surface area (Å²) in [5, 5.41) is 7.10. The zero-order valence-corrected chi connectivity index (χ0v) is 15.1. The van der Waals surface area contributed by atoms with Crippen molar-refractivity contribution in [2.24, 2.45) is 23.7 Å². The SMILES string of the molecule is CC(C)C[N+](CC(C)C)(CC(C)C)CC(C)C.[B]C#N. The molecule has 0 aliphatic rings. The number of hydrogen-bond donors (Lipinski definition) is 0. The van der Waals surface area contributed by atoms with Crippen molar-refractivity contribution in [1.82, 2.24) is 0 Å². The van der Waals surface area contributed by atoms with Crippen LogP contribution in [-0.2, 0) is 0 Å². The van der Waals surface area contributed by atoms with Crippen LogP contribution in [0.5, 0.6) is 0 Å². The molecule has 0 atom stereocenters. The molecule has 0 heterocycles. The van der Waals surface area contributed by atoms with Gasteiger partial charge in [-0.2, -0.15) is 0 Å². The van der Waals surface area contributed by atoms with Gasteiger partial charge >= 0.3 is 0 Å². The second kappa shape index (κ2) is 11.2. The largest absolute Gasteiger partial charge is 0.323 e. The monoisotopic (exact) mass is 279 g/mol. The van der Waals surface area contributed by atoms with Crippen LogP contribution in [0.15, 0.2) is 0 Å². The molecule has 0 aliphatic carbocycles. The number of quaternary nitrogens is 1. The summed E-state index contributed by atoms with van der Waals surface area (Å²) >= 11 is 0. The molecule has 0 saturated carbocycles. The van der Waals surface area contributed by atoms with Crippen LogP contribution < -0.4 is 0 Å². The standard InChI is InChI=1S/C16H36N.CBN/c1-13(2)9-17(10-14(3)4,11-15(5)6)12-16(7)8;2-1-3/h13-16H,9-12H2,1-8H3;/q+1;. The van der Waals surface area contributed by atoms with Crippen molar-refractivity contribution in [3.8, 4) is 5.97 Å². The highest BCUT2D eigenvalue weighted by Gasteiger charge is 2.31. The average Bonchev–Trinajstić information content (AvgIpc) is 2.11. The van der Waals surface area contributed by atoms with Crippen LogP contribution >= 0.6 is 0 Å². The van der Waals surface area contributed by atoms with E-state index in [1.165, 1.54) is 36.6 Å². The summed E-state index contributed by atoms with van der Waals surface area (Å²) in [5.74, 6) is 4.44. The molecule has 0 aliphatic heterocycles. The van der Waals surface area contributed by atoms with Gasteiger partial charge in [0.2, 0.25) is 7.85 Å². The number of hydrogen-bond acceptors (Lipinski definition) is 1. The lowest BCUT2D eigenvalue weighted by Gasteiger charge is -2.44. The Morgan fingerprint density at radius 1 is 0.700 bits per heavy atom. The summed E-state index contributed by atoms with van der Waals surface area (Å²) in [5.41, 5.74) is 0. The van der Waals surface area contributed by atoms with Gasteiger partial charge in [0.1, 0.15) is 0 Å². The second-order valence-corrected chi connectivity index (χ2v) is 7.78. The van der Waals surface area contributed by atoms with Gasteiger partial charge in [0.15, 0.2) is 0 Å². The Kier molecular flexibility index (Phi) is 12.2. The average molecular weight is 279 g/mol. The molecule has 0 aromatic rings. The summed E-state index contributed by atoms with van der Waals surface area (Å²) in [4.78, 5) is 0. The molecule has 0 unspecified atom stereocenters. The van der Waals surface area contributed by atoms with Gasteiger partial charge in [-0.1, -0.05) is 55.4 Å². The molecule has 0 fully saturated rings. The quantitative estimate of drug-likeness (QED) is 0.485. The minimum Gasteiger partial charge on any atom is -0.323 e. The highest BCUT2D eigenvalue weighted by Crippen LogP contribution is 2.21. The second-order valence-electron chi connectivity index (χ2n) is 7.78. The molecule has 3 heteroatoms. The lowest BCUT2D eigenvalue weighted by atomic mass is 10.0. The third-order valence-electron chi connectivity index (χ3n) is 3.01. The zero-order valence-electron chi connectivity index (χ0n) is 15.1. The first kappa shape index (κ1) is 21.8. The summed E-state index contributed by atoms with van der Waals surface area (Å²) in [6, 6.07) is 0. The zero-order chi connectivity index (χ0) is 16.3. The van der Waals surface area contributed by atoms with Crippen LogP contribution in [0.25, 0.3) is 0 Å². The van der Waals surface area contributed by atoms with E-state index in [9.17, 15) is 0 Å². The van der Waals surface area contributed by atoms with E-state index in [0.29, 0.717) is 0 Å². The Morgan fingerprint density at radius 3 is 0.950 bits per heavy atom. The molecule has 0 rings (SSSR count). The van der Waals surface area contributed by atoms with Gasteiger partial charge in [0.05, 0.1) is 26.2 Å². The van der Waals surface area contributed by atoms with E-state index >= 15 is 0 Å². The van der Waals surface area contributed by atoms with E-state index in [2.05, 4.69) is 63.2 Å². The molecule has 0 aromatic carbocycles. The van der Waals surface area contributed by atoms with Gasteiger partial charge in [-0.3, -0.25) is 0 Å². The molecule has 0 spiro atoms. The lowest BCUT2D eigenvalue weighted by Crippen LogP contribution is -2.56. The molecule has 20 heavy (non-hydrogen) atoms. The van der Waals surface area contributed by atoms with Crippen LogP contribution in [0.2, 0.25) is 0 Å². The molecule has 2 radical (unpaired) electrons. The Balaban J connectivity index is 0. The first-order chi connectivity index (χ1) is 9.08. The third-order valence-corrected chi connectivity index (χ3v) is 3.01. The van der Waals surface area contributed by atoms with E-state index in [-0.39, 0.29) is 0 Å². The maximum atomic E-state index is 7.10. The van der Waals surface area contributed by atoms with Crippen LogP contribution in [-0.4, -0.2) is 38.5 Å². The Morgan fingerprint density at radius 2 is 0.850 bits per heavy atom. The van der Waals surface area contributed by atoms with Crippen LogP contribution in [0.1, 0.15) is 55.4 Å². The van der Waals surface area contributed by atoms with Crippen molar-refractivity contribution < 1.29 is 4.48 Å². The summed E-state index contributed by atoms with van der Waals surface area (Å²) in [6.45, 7) is 24.3. The van der Waals surface area contributed by atoms with Gasteiger partial charge < -0.3 is 4.48 Å². The Labute approximate surface area is 129 Å². The fraction of sp³-hybridized carbons (Fsp3) is 0.941. The van der Waals surface area contributed by atoms with Crippen LogP contribution in [0, 0.1) is 34.9 Å². The maximum Gasteiger partial charge on any atom is 0.229 e. The first-order valence-electron chi connectivity index (χ1n) is 8.03. The van der Waals surface area contributed by atoms with Crippen molar-refractivity contribution in [3.05, 3.63) is 0 Å². The van der Waals surface area contributed by atoms with Crippen molar-refractivity contribution in [1.29, 1.82) is 5.26 Å². The molecule has 2 nitrogen and oxygen atoms in total. The highest BCUT2D eigenvalue weighted by molar-refractivity contribution is 6.20.